The minimum Gasteiger partial charge on any atom is -0.496 e. The van der Waals surface area contributed by atoms with Gasteiger partial charge in [0.15, 0.2) is 0 Å². The lowest BCUT2D eigenvalue weighted by Crippen LogP contribution is -2.48. The molecular formula is C31H35N3O4. The molecule has 1 saturated heterocycles. The van der Waals surface area contributed by atoms with Crippen molar-refractivity contribution in [1.82, 2.24) is 9.88 Å². The molecule has 1 aromatic heterocycles. The van der Waals surface area contributed by atoms with Crippen LogP contribution in [0.15, 0.2) is 66.9 Å². The Bertz CT molecular complexity index is 1270. The molecule has 7 heteroatoms. The third kappa shape index (κ3) is 6.51. The van der Waals surface area contributed by atoms with Crippen LogP contribution in [0.1, 0.15) is 50.4 Å². The van der Waals surface area contributed by atoms with Crippen LogP contribution >= 0.6 is 0 Å². The van der Waals surface area contributed by atoms with Crippen LogP contribution in [-0.2, 0) is 21.5 Å². The van der Waals surface area contributed by atoms with Gasteiger partial charge in [-0.25, -0.2) is 9.78 Å². The van der Waals surface area contributed by atoms with Crippen LogP contribution in [0.25, 0.3) is 11.1 Å². The van der Waals surface area contributed by atoms with Gasteiger partial charge < -0.3 is 19.1 Å². The van der Waals surface area contributed by atoms with Gasteiger partial charge in [0.1, 0.15) is 23.1 Å². The Morgan fingerprint density at radius 1 is 1.05 bits per heavy atom. The van der Waals surface area contributed by atoms with E-state index in [0.29, 0.717) is 32.0 Å². The van der Waals surface area contributed by atoms with Crippen molar-refractivity contribution in [1.29, 1.82) is 5.26 Å². The predicted octanol–water partition coefficient (Wildman–Crippen LogP) is 6.11. The van der Waals surface area contributed by atoms with E-state index >= 15 is 0 Å². The molecule has 1 amide bonds. The summed E-state index contributed by atoms with van der Waals surface area (Å²) in [4.78, 5) is 18.6. The van der Waals surface area contributed by atoms with Crippen molar-refractivity contribution in [3.05, 3.63) is 83.7 Å². The first kappa shape index (κ1) is 27.2. The van der Waals surface area contributed by atoms with Crippen molar-refractivity contribution in [2.24, 2.45) is 0 Å². The second-order valence-electron chi connectivity index (χ2n) is 10.7. The Hall–Kier alpha value is -3.89. The number of hydrogen-bond acceptors (Lipinski definition) is 6. The summed E-state index contributed by atoms with van der Waals surface area (Å²) < 4.78 is 17.6. The van der Waals surface area contributed by atoms with Crippen molar-refractivity contribution in [3.63, 3.8) is 0 Å². The lowest BCUT2D eigenvalue weighted by molar-refractivity contribution is 0.00316. The van der Waals surface area contributed by atoms with Gasteiger partial charge in [0, 0.05) is 35.8 Å². The van der Waals surface area contributed by atoms with Gasteiger partial charge in [0.25, 0.3) is 0 Å². The molecule has 0 bridgehead atoms. The van der Waals surface area contributed by atoms with Gasteiger partial charge in [-0.2, -0.15) is 5.26 Å². The minimum atomic E-state index is -0.518. The summed E-state index contributed by atoms with van der Waals surface area (Å²) in [5.41, 5.74) is 3.71. The standard InChI is InChI=1S/C31H35N3O4/c1-30(2,3)38-29(35)34-16-14-31(15-17-34,26-8-6-5-7-9-26)22-37-21-25-18-23(11-13-28(25)36-4)24-10-12-27(19-32)33-20-24/h5-13,18,20H,14-17,21-22H2,1-4H3. The molecule has 2 aromatic carbocycles. The molecule has 198 valence electrons. The number of nitriles is 1. The first-order valence-electron chi connectivity index (χ1n) is 12.9. The molecule has 0 aliphatic carbocycles. The highest BCUT2D eigenvalue weighted by molar-refractivity contribution is 5.68. The van der Waals surface area contributed by atoms with Crippen LogP contribution in [0.5, 0.6) is 5.75 Å². The van der Waals surface area contributed by atoms with Crippen molar-refractivity contribution in [2.45, 2.75) is 51.2 Å². The first-order valence-corrected chi connectivity index (χ1v) is 12.9. The maximum Gasteiger partial charge on any atom is 0.410 e. The number of benzene rings is 2. The van der Waals surface area contributed by atoms with Gasteiger partial charge in [-0.15, -0.1) is 0 Å². The van der Waals surface area contributed by atoms with Crippen LogP contribution < -0.4 is 4.74 Å². The van der Waals surface area contributed by atoms with Crippen molar-refractivity contribution in [2.75, 3.05) is 26.8 Å². The highest BCUT2D eigenvalue weighted by Gasteiger charge is 2.38. The summed E-state index contributed by atoms with van der Waals surface area (Å²) in [6.07, 6.45) is 3.00. The fourth-order valence-corrected chi connectivity index (χ4v) is 4.81. The molecule has 1 aliphatic heterocycles. The highest BCUT2D eigenvalue weighted by atomic mass is 16.6. The normalized spacial score (nSPS) is 15.0. The first-order chi connectivity index (χ1) is 18.2. The predicted molar refractivity (Wildman–Crippen MR) is 146 cm³/mol. The van der Waals surface area contributed by atoms with E-state index in [4.69, 9.17) is 19.5 Å². The molecule has 4 rings (SSSR count). The van der Waals surface area contributed by atoms with Gasteiger partial charge >= 0.3 is 6.09 Å². The molecule has 0 spiro atoms. The molecule has 7 nitrogen and oxygen atoms in total. The number of pyridine rings is 1. The second kappa shape index (κ2) is 11.7. The number of amides is 1. The topological polar surface area (TPSA) is 84.7 Å². The van der Waals surface area contributed by atoms with E-state index in [1.165, 1.54) is 5.56 Å². The van der Waals surface area contributed by atoms with E-state index in [2.05, 4.69) is 35.3 Å². The number of nitrogens with zero attached hydrogens (tertiary/aromatic N) is 3. The number of rotatable bonds is 7. The van der Waals surface area contributed by atoms with Gasteiger partial charge in [0.2, 0.25) is 0 Å². The van der Waals surface area contributed by atoms with Crippen molar-refractivity contribution < 1.29 is 19.0 Å². The fraction of sp³-hybridized carbons (Fsp3) is 0.387. The molecule has 0 saturated carbocycles. The number of carbonyl (C=O) groups excluding carboxylic acids is 1. The average Bonchev–Trinajstić information content (AvgIpc) is 2.93. The van der Waals surface area contributed by atoms with E-state index in [-0.39, 0.29) is 11.5 Å². The maximum absolute atomic E-state index is 12.7. The fourth-order valence-electron chi connectivity index (χ4n) is 4.81. The van der Waals surface area contributed by atoms with Gasteiger partial charge in [-0.05, 0) is 69.0 Å². The van der Waals surface area contributed by atoms with Crippen LogP contribution in [0.4, 0.5) is 4.79 Å². The van der Waals surface area contributed by atoms with E-state index in [1.54, 1.807) is 24.3 Å². The van der Waals surface area contributed by atoms with Gasteiger partial charge in [0.05, 0.1) is 20.3 Å². The number of ether oxygens (including phenoxy) is 3. The lowest BCUT2D eigenvalue weighted by atomic mass is 9.73. The number of carbonyl (C=O) groups is 1. The largest absolute Gasteiger partial charge is 0.496 e. The average molecular weight is 514 g/mol. The highest BCUT2D eigenvalue weighted by Crippen LogP contribution is 2.37. The van der Waals surface area contributed by atoms with E-state index in [0.717, 1.165) is 35.3 Å². The number of likely N-dealkylation sites (tertiary alicyclic amines) is 1. The molecule has 0 N–H and O–H groups in total. The Morgan fingerprint density at radius 3 is 2.37 bits per heavy atom. The Labute approximate surface area is 225 Å². The molecule has 0 atom stereocenters. The Balaban J connectivity index is 1.49. The smallest absolute Gasteiger partial charge is 0.410 e. The third-order valence-electron chi connectivity index (χ3n) is 6.89. The van der Waals surface area contributed by atoms with Crippen LogP contribution in [-0.4, -0.2) is 48.4 Å². The maximum atomic E-state index is 12.7. The van der Waals surface area contributed by atoms with Crippen LogP contribution in [0.2, 0.25) is 0 Å². The molecular weight excluding hydrogens is 478 g/mol. The molecule has 3 aromatic rings. The summed E-state index contributed by atoms with van der Waals surface area (Å²) >= 11 is 0. The monoisotopic (exact) mass is 513 g/mol. The van der Waals surface area contributed by atoms with Crippen LogP contribution in [0, 0.1) is 11.3 Å². The van der Waals surface area contributed by atoms with Gasteiger partial charge in [-0.3, -0.25) is 0 Å². The lowest BCUT2D eigenvalue weighted by Gasteiger charge is -2.42. The number of aromatic nitrogens is 1. The zero-order chi connectivity index (χ0) is 27.2. The SMILES string of the molecule is COc1ccc(-c2ccc(C#N)nc2)cc1COCC1(c2ccccc2)CCN(C(=O)OC(C)(C)C)CC1. The summed E-state index contributed by atoms with van der Waals surface area (Å²) in [5.74, 6) is 0.754. The summed E-state index contributed by atoms with van der Waals surface area (Å²) in [6, 6.07) is 22.0. The zero-order valence-corrected chi connectivity index (χ0v) is 22.6. The zero-order valence-electron chi connectivity index (χ0n) is 22.6. The summed E-state index contributed by atoms with van der Waals surface area (Å²) in [7, 11) is 1.65. The van der Waals surface area contributed by atoms with Crippen LogP contribution in [0.3, 0.4) is 0 Å². The number of piperidine rings is 1. The summed E-state index contributed by atoms with van der Waals surface area (Å²) in [5, 5.41) is 9.03. The van der Waals surface area contributed by atoms with E-state index in [9.17, 15) is 4.79 Å². The Morgan fingerprint density at radius 2 is 1.76 bits per heavy atom. The summed E-state index contributed by atoms with van der Waals surface area (Å²) in [6.45, 7) is 7.78. The molecule has 1 aliphatic rings. The molecule has 2 heterocycles. The van der Waals surface area contributed by atoms with E-state index in [1.807, 2.05) is 51.1 Å². The number of methoxy groups -OCH3 is 1. The molecule has 0 radical (unpaired) electrons. The minimum absolute atomic E-state index is 0.207. The van der Waals surface area contributed by atoms with Crippen molar-refractivity contribution in [3.8, 4) is 22.9 Å². The second-order valence-corrected chi connectivity index (χ2v) is 10.7. The van der Waals surface area contributed by atoms with E-state index < -0.39 is 5.60 Å². The Kier molecular flexibility index (Phi) is 8.33. The quantitative estimate of drug-likeness (QED) is 0.379. The third-order valence-corrected chi connectivity index (χ3v) is 6.89. The molecule has 1 fully saturated rings. The van der Waals surface area contributed by atoms with Crippen molar-refractivity contribution >= 4 is 6.09 Å². The molecule has 0 unspecified atom stereocenters. The van der Waals surface area contributed by atoms with Gasteiger partial charge in [-0.1, -0.05) is 36.4 Å². The number of hydrogen-bond donors (Lipinski definition) is 0. The molecule has 38 heavy (non-hydrogen) atoms.